The molecule has 3 rings (SSSR count). The van der Waals surface area contributed by atoms with Crippen LogP contribution < -0.4 is 0 Å². The Morgan fingerprint density at radius 2 is 2.10 bits per heavy atom. The molecule has 21 heavy (non-hydrogen) atoms. The van der Waals surface area contributed by atoms with Crippen molar-refractivity contribution in [3.8, 4) is 16.9 Å². The molecule has 0 aliphatic rings. The third-order valence-corrected chi connectivity index (χ3v) is 4.34. The van der Waals surface area contributed by atoms with Gasteiger partial charge in [-0.2, -0.15) is 5.10 Å². The lowest BCUT2D eigenvalue weighted by Crippen LogP contribution is -1.95. The van der Waals surface area contributed by atoms with Gasteiger partial charge in [-0.15, -0.1) is 11.3 Å². The maximum Gasteiger partial charge on any atom is 0.153 e. The Labute approximate surface area is 133 Å². The summed E-state index contributed by atoms with van der Waals surface area (Å²) in [6.45, 7) is 0. The zero-order valence-electron chi connectivity index (χ0n) is 10.4. The molecule has 0 N–H and O–H groups in total. The highest BCUT2D eigenvalue weighted by Crippen LogP contribution is 2.38. The molecule has 0 atom stereocenters. The van der Waals surface area contributed by atoms with E-state index in [2.05, 4.69) is 5.10 Å². The highest BCUT2D eigenvalue weighted by atomic mass is 35.5. The third kappa shape index (κ3) is 2.72. The summed E-state index contributed by atoms with van der Waals surface area (Å²) in [6.07, 6.45) is 2.21. The molecule has 3 aromatic rings. The maximum atomic E-state index is 13.3. The minimum absolute atomic E-state index is 0.357. The van der Waals surface area contributed by atoms with Gasteiger partial charge in [0, 0.05) is 11.8 Å². The maximum absolute atomic E-state index is 13.3. The predicted octanol–water partition coefficient (Wildman–Crippen LogP) is 4.86. The first-order valence-corrected chi connectivity index (χ1v) is 7.41. The lowest BCUT2D eigenvalue weighted by Gasteiger charge is -2.00. The van der Waals surface area contributed by atoms with E-state index in [0.717, 1.165) is 0 Å². The van der Waals surface area contributed by atoms with Crippen LogP contribution in [0.25, 0.3) is 16.9 Å². The fourth-order valence-electron chi connectivity index (χ4n) is 1.94. The Morgan fingerprint density at radius 1 is 1.29 bits per heavy atom. The summed E-state index contributed by atoms with van der Waals surface area (Å²) in [5.41, 5.74) is 1.88. The predicted molar refractivity (Wildman–Crippen MR) is 82.2 cm³/mol. The van der Waals surface area contributed by atoms with Crippen LogP contribution in [0, 0.1) is 5.82 Å². The summed E-state index contributed by atoms with van der Waals surface area (Å²) in [7, 11) is 0. The van der Waals surface area contributed by atoms with Crippen molar-refractivity contribution in [1.82, 2.24) is 9.78 Å². The molecule has 106 valence electrons. The van der Waals surface area contributed by atoms with Crippen molar-refractivity contribution in [1.29, 1.82) is 0 Å². The number of hydrogen-bond acceptors (Lipinski definition) is 3. The SMILES string of the molecule is O=Cc1cn(-c2cccc(F)c2)nc1-c1cc(Cl)sc1Cl. The molecule has 3 nitrogen and oxygen atoms in total. The van der Waals surface area contributed by atoms with Crippen molar-refractivity contribution >= 4 is 40.8 Å². The highest BCUT2D eigenvalue weighted by molar-refractivity contribution is 7.20. The van der Waals surface area contributed by atoms with E-state index in [4.69, 9.17) is 23.2 Å². The van der Waals surface area contributed by atoms with Crippen molar-refractivity contribution in [3.63, 3.8) is 0 Å². The van der Waals surface area contributed by atoms with E-state index < -0.39 is 0 Å². The van der Waals surface area contributed by atoms with Gasteiger partial charge in [0.05, 0.1) is 15.6 Å². The fraction of sp³-hybridized carbons (Fsp3) is 0. The molecule has 7 heteroatoms. The van der Waals surface area contributed by atoms with Gasteiger partial charge in [-0.05, 0) is 24.3 Å². The summed E-state index contributed by atoms with van der Waals surface area (Å²) in [4.78, 5) is 11.2. The Balaban J connectivity index is 2.15. The number of rotatable bonds is 3. The molecule has 0 amide bonds. The first kappa shape index (κ1) is 14.3. The van der Waals surface area contributed by atoms with Crippen LogP contribution in [-0.4, -0.2) is 16.1 Å². The van der Waals surface area contributed by atoms with Crippen LogP contribution >= 0.6 is 34.5 Å². The number of nitrogens with zero attached hydrogens (tertiary/aromatic N) is 2. The van der Waals surface area contributed by atoms with Crippen LogP contribution in [-0.2, 0) is 0 Å². The van der Waals surface area contributed by atoms with E-state index in [9.17, 15) is 9.18 Å². The average Bonchev–Trinajstić information content (AvgIpc) is 3.01. The molecule has 1 aromatic carbocycles. The first-order chi connectivity index (χ1) is 10.1. The van der Waals surface area contributed by atoms with Crippen LogP contribution in [0.15, 0.2) is 36.5 Å². The Hall–Kier alpha value is -1.69. The van der Waals surface area contributed by atoms with E-state index in [-0.39, 0.29) is 5.82 Å². The largest absolute Gasteiger partial charge is 0.298 e. The summed E-state index contributed by atoms with van der Waals surface area (Å²) in [5.74, 6) is -0.381. The number of benzene rings is 1. The number of thiophene rings is 1. The van der Waals surface area contributed by atoms with E-state index in [1.54, 1.807) is 18.2 Å². The molecule has 2 heterocycles. The molecule has 0 spiro atoms. The Morgan fingerprint density at radius 3 is 2.71 bits per heavy atom. The van der Waals surface area contributed by atoms with Crippen molar-refractivity contribution in [3.05, 3.63) is 56.6 Å². The molecule has 0 aliphatic carbocycles. The minimum Gasteiger partial charge on any atom is -0.298 e. The summed E-state index contributed by atoms with van der Waals surface area (Å²) in [5, 5.41) is 4.32. The van der Waals surface area contributed by atoms with Gasteiger partial charge in [0.1, 0.15) is 15.8 Å². The van der Waals surface area contributed by atoms with Crippen molar-refractivity contribution in [2.75, 3.05) is 0 Å². The Kier molecular flexibility index (Phi) is 3.80. The molecule has 0 saturated heterocycles. The van der Waals surface area contributed by atoms with Gasteiger partial charge in [-0.25, -0.2) is 9.07 Å². The molecule has 0 radical (unpaired) electrons. The van der Waals surface area contributed by atoms with Crippen molar-refractivity contribution < 1.29 is 9.18 Å². The van der Waals surface area contributed by atoms with Crippen LogP contribution in [0.3, 0.4) is 0 Å². The molecule has 0 fully saturated rings. The second-order valence-corrected chi connectivity index (χ2v) is 6.50. The number of halogens is 3. The summed E-state index contributed by atoms with van der Waals surface area (Å²) in [6, 6.07) is 7.58. The Bertz CT molecular complexity index is 828. The number of hydrogen-bond donors (Lipinski definition) is 0. The monoisotopic (exact) mass is 340 g/mol. The van der Waals surface area contributed by atoms with Gasteiger partial charge in [0.25, 0.3) is 0 Å². The number of aromatic nitrogens is 2. The standard InChI is InChI=1S/C14H7Cl2FN2OS/c15-12-5-11(14(16)21-12)13-8(7-20)6-19(18-13)10-3-1-2-9(17)4-10/h1-7H. The number of aldehydes is 1. The molecule has 0 bridgehead atoms. The van der Waals surface area contributed by atoms with Gasteiger partial charge >= 0.3 is 0 Å². The van der Waals surface area contributed by atoms with Crippen molar-refractivity contribution in [2.45, 2.75) is 0 Å². The quantitative estimate of drug-likeness (QED) is 0.638. The van der Waals surface area contributed by atoms with Gasteiger partial charge in [0.2, 0.25) is 0 Å². The van der Waals surface area contributed by atoms with Gasteiger partial charge in [-0.3, -0.25) is 4.79 Å². The van der Waals surface area contributed by atoms with E-state index in [1.165, 1.54) is 34.3 Å². The third-order valence-electron chi connectivity index (χ3n) is 2.85. The zero-order chi connectivity index (χ0) is 15.0. The first-order valence-electron chi connectivity index (χ1n) is 5.84. The lowest BCUT2D eigenvalue weighted by atomic mass is 10.2. The summed E-state index contributed by atoms with van der Waals surface area (Å²) < 4.78 is 15.7. The molecular formula is C14H7Cl2FN2OS. The minimum atomic E-state index is -0.381. The van der Waals surface area contributed by atoms with E-state index in [1.807, 2.05) is 0 Å². The fourth-order valence-corrected chi connectivity index (χ4v) is 3.40. The van der Waals surface area contributed by atoms with Gasteiger partial charge in [-0.1, -0.05) is 29.3 Å². The molecule has 0 aliphatic heterocycles. The normalized spacial score (nSPS) is 10.8. The zero-order valence-corrected chi connectivity index (χ0v) is 12.7. The molecular weight excluding hydrogens is 334 g/mol. The van der Waals surface area contributed by atoms with Crippen LogP contribution in [0.4, 0.5) is 4.39 Å². The number of carbonyl (C=O) groups is 1. The van der Waals surface area contributed by atoms with Crippen LogP contribution in [0.1, 0.15) is 10.4 Å². The van der Waals surface area contributed by atoms with E-state index >= 15 is 0 Å². The van der Waals surface area contributed by atoms with Crippen LogP contribution in [0.5, 0.6) is 0 Å². The highest BCUT2D eigenvalue weighted by Gasteiger charge is 2.17. The molecule has 2 aromatic heterocycles. The van der Waals surface area contributed by atoms with Crippen LogP contribution in [0.2, 0.25) is 8.67 Å². The summed E-state index contributed by atoms with van der Waals surface area (Å²) >= 11 is 13.2. The van der Waals surface area contributed by atoms with Gasteiger partial charge in [0.15, 0.2) is 6.29 Å². The average molecular weight is 341 g/mol. The molecule has 0 unspecified atom stereocenters. The van der Waals surface area contributed by atoms with Gasteiger partial charge < -0.3 is 0 Å². The lowest BCUT2D eigenvalue weighted by molar-refractivity contribution is 0.112. The second-order valence-electron chi connectivity index (χ2n) is 4.21. The smallest absolute Gasteiger partial charge is 0.153 e. The topological polar surface area (TPSA) is 34.9 Å². The molecule has 0 saturated carbocycles. The van der Waals surface area contributed by atoms with Crippen molar-refractivity contribution in [2.24, 2.45) is 0 Å². The number of carbonyl (C=O) groups excluding carboxylic acids is 1. The van der Waals surface area contributed by atoms with E-state index in [0.29, 0.717) is 37.5 Å². The second kappa shape index (κ2) is 5.60.